The average molecular weight is 250 g/mol. The van der Waals surface area contributed by atoms with Gasteiger partial charge in [-0.1, -0.05) is 36.4 Å². The molecule has 2 aromatic carbocycles. The van der Waals surface area contributed by atoms with Crippen LogP contribution in [0.5, 0.6) is 0 Å². The SMILES string of the molecule is NNC(c1ccc2ccccc2c1)c1cnccn1. The fourth-order valence-corrected chi connectivity index (χ4v) is 2.20. The van der Waals surface area contributed by atoms with Crippen molar-refractivity contribution in [3.8, 4) is 0 Å². The number of hydrazine groups is 1. The molecule has 0 radical (unpaired) electrons. The van der Waals surface area contributed by atoms with Gasteiger partial charge in [-0.15, -0.1) is 0 Å². The predicted octanol–water partition coefficient (Wildman–Crippen LogP) is 2.18. The highest BCUT2D eigenvalue weighted by molar-refractivity contribution is 5.83. The molecule has 1 atom stereocenters. The van der Waals surface area contributed by atoms with Gasteiger partial charge in [0.15, 0.2) is 0 Å². The van der Waals surface area contributed by atoms with Crippen LogP contribution in [0.4, 0.5) is 0 Å². The van der Waals surface area contributed by atoms with Crippen LogP contribution in [0, 0.1) is 0 Å². The van der Waals surface area contributed by atoms with Gasteiger partial charge in [0.2, 0.25) is 0 Å². The fraction of sp³-hybridized carbons (Fsp3) is 0.0667. The van der Waals surface area contributed by atoms with E-state index in [1.165, 1.54) is 10.8 Å². The summed E-state index contributed by atoms with van der Waals surface area (Å²) in [7, 11) is 0. The van der Waals surface area contributed by atoms with Gasteiger partial charge in [-0.25, -0.2) is 5.43 Å². The average Bonchev–Trinajstić information content (AvgIpc) is 2.49. The molecule has 0 aliphatic carbocycles. The van der Waals surface area contributed by atoms with Gasteiger partial charge in [-0.05, 0) is 22.4 Å². The van der Waals surface area contributed by atoms with Gasteiger partial charge >= 0.3 is 0 Å². The van der Waals surface area contributed by atoms with Gasteiger partial charge in [0, 0.05) is 12.4 Å². The molecule has 1 heterocycles. The number of hydrogen-bond acceptors (Lipinski definition) is 4. The van der Waals surface area contributed by atoms with Crippen LogP contribution in [0.25, 0.3) is 10.8 Å². The van der Waals surface area contributed by atoms with Crippen molar-refractivity contribution >= 4 is 10.8 Å². The summed E-state index contributed by atoms with van der Waals surface area (Å²) in [5, 5.41) is 2.39. The quantitative estimate of drug-likeness (QED) is 0.552. The largest absolute Gasteiger partial charge is 0.271 e. The van der Waals surface area contributed by atoms with Crippen molar-refractivity contribution in [2.45, 2.75) is 6.04 Å². The van der Waals surface area contributed by atoms with Crippen LogP contribution in [0.15, 0.2) is 61.1 Å². The molecule has 3 N–H and O–H groups in total. The van der Waals surface area contributed by atoms with Crippen LogP contribution in [-0.2, 0) is 0 Å². The van der Waals surface area contributed by atoms with Crippen molar-refractivity contribution in [1.82, 2.24) is 15.4 Å². The third-order valence-electron chi connectivity index (χ3n) is 3.15. The number of rotatable bonds is 3. The van der Waals surface area contributed by atoms with Gasteiger partial charge < -0.3 is 0 Å². The first-order chi connectivity index (χ1) is 9.38. The number of fused-ring (bicyclic) bond motifs is 1. The second-order valence-corrected chi connectivity index (χ2v) is 4.34. The van der Waals surface area contributed by atoms with Gasteiger partial charge in [0.05, 0.1) is 17.9 Å². The van der Waals surface area contributed by atoms with E-state index in [9.17, 15) is 0 Å². The first-order valence-electron chi connectivity index (χ1n) is 6.09. The van der Waals surface area contributed by atoms with Crippen molar-refractivity contribution in [3.05, 3.63) is 72.3 Å². The van der Waals surface area contributed by atoms with Gasteiger partial charge in [-0.2, -0.15) is 0 Å². The van der Waals surface area contributed by atoms with E-state index in [1.807, 2.05) is 12.1 Å². The van der Waals surface area contributed by atoms with E-state index in [1.54, 1.807) is 18.6 Å². The third kappa shape index (κ3) is 2.31. The van der Waals surface area contributed by atoms with Crippen molar-refractivity contribution in [2.24, 2.45) is 5.84 Å². The highest BCUT2D eigenvalue weighted by Crippen LogP contribution is 2.23. The Bertz CT molecular complexity index is 682. The Hall–Kier alpha value is -2.30. The van der Waals surface area contributed by atoms with Crippen LogP contribution in [0.1, 0.15) is 17.3 Å². The van der Waals surface area contributed by atoms with E-state index < -0.39 is 0 Å². The van der Waals surface area contributed by atoms with Crippen LogP contribution in [0.3, 0.4) is 0 Å². The number of benzene rings is 2. The monoisotopic (exact) mass is 250 g/mol. The van der Waals surface area contributed by atoms with E-state index in [2.05, 4.69) is 45.7 Å². The Morgan fingerprint density at radius 2 is 1.84 bits per heavy atom. The summed E-state index contributed by atoms with van der Waals surface area (Å²) in [6.07, 6.45) is 5.04. The number of nitrogens with two attached hydrogens (primary N) is 1. The fourth-order valence-electron chi connectivity index (χ4n) is 2.20. The van der Waals surface area contributed by atoms with Gasteiger partial charge in [0.25, 0.3) is 0 Å². The highest BCUT2D eigenvalue weighted by Gasteiger charge is 2.13. The maximum atomic E-state index is 5.66. The summed E-state index contributed by atoms with van der Waals surface area (Å²) >= 11 is 0. The molecule has 1 aromatic heterocycles. The van der Waals surface area contributed by atoms with Crippen LogP contribution in [0.2, 0.25) is 0 Å². The first kappa shape index (κ1) is 11.8. The Morgan fingerprint density at radius 1 is 1.00 bits per heavy atom. The van der Waals surface area contributed by atoms with Gasteiger partial charge in [0.1, 0.15) is 0 Å². The minimum absolute atomic E-state index is 0.154. The van der Waals surface area contributed by atoms with Crippen LogP contribution < -0.4 is 11.3 Å². The number of hydrogen-bond donors (Lipinski definition) is 2. The molecule has 0 bridgehead atoms. The second kappa shape index (κ2) is 5.14. The molecular formula is C15H14N4. The van der Waals surface area contributed by atoms with E-state index in [-0.39, 0.29) is 6.04 Å². The number of aromatic nitrogens is 2. The lowest BCUT2D eigenvalue weighted by Gasteiger charge is -2.15. The molecule has 0 aliphatic rings. The van der Waals surface area contributed by atoms with Crippen LogP contribution >= 0.6 is 0 Å². The lowest BCUT2D eigenvalue weighted by atomic mass is 10.0. The van der Waals surface area contributed by atoms with Gasteiger partial charge in [-0.3, -0.25) is 15.8 Å². The summed E-state index contributed by atoms with van der Waals surface area (Å²) < 4.78 is 0. The molecule has 1 unspecified atom stereocenters. The number of nitrogens with one attached hydrogen (secondary N) is 1. The summed E-state index contributed by atoms with van der Waals surface area (Å²) in [6.45, 7) is 0. The molecule has 0 aliphatic heterocycles. The molecule has 19 heavy (non-hydrogen) atoms. The highest BCUT2D eigenvalue weighted by atomic mass is 15.2. The van der Waals surface area contributed by atoms with Crippen molar-refractivity contribution in [1.29, 1.82) is 0 Å². The molecule has 3 rings (SSSR count). The van der Waals surface area contributed by atoms with E-state index >= 15 is 0 Å². The van der Waals surface area contributed by atoms with Crippen LogP contribution in [-0.4, -0.2) is 9.97 Å². The molecule has 4 nitrogen and oxygen atoms in total. The Kier molecular flexibility index (Phi) is 3.18. The minimum Gasteiger partial charge on any atom is -0.271 e. The molecule has 4 heteroatoms. The summed E-state index contributed by atoms with van der Waals surface area (Å²) in [4.78, 5) is 8.38. The zero-order valence-electron chi connectivity index (χ0n) is 10.3. The maximum Gasteiger partial charge on any atom is 0.0897 e. The maximum absolute atomic E-state index is 5.66. The molecule has 0 amide bonds. The Morgan fingerprint density at radius 3 is 2.58 bits per heavy atom. The lowest BCUT2D eigenvalue weighted by Crippen LogP contribution is -2.29. The molecule has 0 spiro atoms. The zero-order valence-corrected chi connectivity index (χ0v) is 10.3. The first-order valence-corrected chi connectivity index (χ1v) is 6.09. The zero-order chi connectivity index (χ0) is 13.1. The topological polar surface area (TPSA) is 63.8 Å². The Balaban J connectivity index is 2.06. The normalized spacial score (nSPS) is 12.5. The smallest absolute Gasteiger partial charge is 0.0897 e. The standard InChI is InChI=1S/C15H14N4/c16-19-15(14-10-17-7-8-18-14)13-6-5-11-3-1-2-4-12(11)9-13/h1-10,15,19H,16H2. The van der Waals surface area contributed by atoms with E-state index in [0.717, 1.165) is 11.3 Å². The second-order valence-electron chi connectivity index (χ2n) is 4.34. The summed E-state index contributed by atoms with van der Waals surface area (Å²) in [5.74, 6) is 5.66. The van der Waals surface area contributed by atoms with Crippen molar-refractivity contribution in [2.75, 3.05) is 0 Å². The molecule has 3 aromatic rings. The molecule has 0 fully saturated rings. The van der Waals surface area contributed by atoms with E-state index in [4.69, 9.17) is 5.84 Å². The van der Waals surface area contributed by atoms with E-state index in [0.29, 0.717) is 0 Å². The lowest BCUT2D eigenvalue weighted by molar-refractivity contribution is 0.618. The van der Waals surface area contributed by atoms with Crippen molar-refractivity contribution < 1.29 is 0 Å². The third-order valence-corrected chi connectivity index (χ3v) is 3.15. The molecular weight excluding hydrogens is 236 g/mol. The molecule has 0 saturated carbocycles. The Labute approximate surface area is 111 Å². The molecule has 94 valence electrons. The predicted molar refractivity (Wildman–Crippen MR) is 75.1 cm³/mol. The minimum atomic E-state index is -0.154. The summed E-state index contributed by atoms with van der Waals surface area (Å²) in [5.41, 5.74) is 4.67. The molecule has 0 saturated heterocycles. The number of nitrogens with zero attached hydrogens (tertiary/aromatic N) is 2. The van der Waals surface area contributed by atoms with Crippen molar-refractivity contribution in [3.63, 3.8) is 0 Å². The summed E-state index contributed by atoms with van der Waals surface area (Å²) in [6, 6.07) is 14.3.